The highest BCUT2D eigenvalue weighted by molar-refractivity contribution is 5.88. The summed E-state index contributed by atoms with van der Waals surface area (Å²) in [5.41, 5.74) is 6.03. The summed E-state index contributed by atoms with van der Waals surface area (Å²) in [6.07, 6.45) is 3.63. The van der Waals surface area contributed by atoms with Crippen LogP contribution in [0.15, 0.2) is 23.3 Å². The Bertz CT molecular complexity index is 375. The van der Waals surface area contributed by atoms with Crippen LogP contribution in [0.4, 0.5) is 0 Å². The van der Waals surface area contributed by atoms with Crippen molar-refractivity contribution in [3.8, 4) is 0 Å². The first-order valence-corrected chi connectivity index (χ1v) is 5.66. The van der Waals surface area contributed by atoms with Crippen LogP contribution in [0.2, 0.25) is 0 Å². The van der Waals surface area contributed by atoms with Gasteiger partial charge in [-0.05, 0) is 40.2 Å². The topological polar surface area (TPSA) is 89.6 Å². The van der Waals surface area contributed by atoms with Crippen LogP contribution in [0.1, 0.15) is 34.1 Å². The number of carboxylic acid groups (broad SMARTS) is 1. The molecule has 0 aliphatic heterocycles. The van der Waals surface area contributed by atoms with E-state index in [1.165, 1.54) is 13.0 Å². The molecule has 0 aromatic heterocycles. The first-order chi connectivity index (χ1) is 8.13. The van der Waals surface area contributed by atoms with Crippen LogP contribution in [-0.4, -0.2) is 29.2 Å². The summed E-state index contributed by atoms with van der Waals surface area (Å²) in [6, 6.07) is 0. The van der Waals surface area contributed by atoms with Gasteiger partial charge in [-0.2, -0.15) is 0 Å². The minimum atomic E-state index is -1.02. The summed E-state index contributed by atoms with van der Waals surface area (Å²) in [5.74, 6) is -1.49. The van der Waals surface area contributed by atoms with Crippen molar-refractivity contribution >= 4 is 11.9 Å². The Balaban J connectivity index is 4.26. The third-order valence-electron chi connectivity index (χ3n) is 2.20. The molecule has 0 saturated heterocycles. The van der Waals surface area contributed by atoms with Gasteiger partial charge in [-0.1, -0.05) is 6.08 Å². The minimum absolute atomic E-state index is 0.0475. The molecule has 102 valence electrons. The predicted octanol–water partition coefficient (Wildman–Crippen LogP) is 1.63. The molecular weight excluding hydrogens is 234 g/mol. The maximum absolute atomic E-state index is 11.5. The van der Waals surface area contributed by atoms with Gasteiger partial charge in [0, 0.05) is 16.7 Å². The Morgan fingerprint density at radius 3 is 2.22 bits per heavy atom. The lowest BCUT2D eigenvalue weighted by Gasteiger charge is -2.15. The molecule has 5 nitrogen and oxygen atoms in total. The molecule has 0 aromatic rings. The Hall–Kier alpha value is -1.62. The smallest absolute Gasteiger partial charge is 0.333 e. The molecule has 0 aromatic carbocycles. The lowest BCUT2D eigenvalue weighted by molar-refractivity contribution is -0.138. The molecular formula is C13H21NO4. The number of carboxylic acids is 1. The van der Waals surface area contributed by atoms with Crippen LogP contribution in [0.5, 0.6) is 0 Å². The van der Waals surface area contributed by atoms with Crippen molar-refractivity contribution in [2.24, 2.45) is 5.73 Å². The quantitative estimate of drug-likeness (QED) is 0.556. The number of nitrogens with two attached hydrogens (primary N) is 1. The molecule has 0 heterocycles. The van der Waals surface area contributed by atoms with Gasteiger partial charge in [0.25, 0.3) is 0 Å². The predicted molar refractivity (Wildman–Crippen MR) is 69.0 cm³/mol. The van der Waals surface area contributed by atoms with Gasteiger partial charge in [-0.3, -0.25) is 0 Å². The minimum Gasteiger partial charge on any atom is -0.478 e. The lowest BCUT2D eigenvalue weighted by Crippen LogP contribution is -2.31. The molecule has 0 bridgehead atoms. The van der Waals surface area contributed by atoms with E-state index in [0.29, 0.717) is 12.0 Å². The summed E-state index contributed by atoms with van der Waals surface area (Å²) in [4.78, 5) is 22.0. The molecule has 0 atom stereocenters. The summed E-state index contributed by atoms with van der Waals surface area (Å²) in [5, 5.41) is 8.60. The van der Waals surface area contributed by atoms with Crippen LogP contribution in [0.25, 0.3) is 0 Å². The van der Waals surface area contributed by atoms with Crippen LogP contribution >= 0.6 is 0 Å². The number of aliphatic carboxylic acids is 1. The average Bonchev–Trinajstić information content (AvgIpc) is 2.24. The average molecular weight is 255 g/mol. The van der Waals surface area contributed by atoms with E-state index >= 15 is 0 Å². The van der Waals surface area contributed by atoms with Crippen molar-refractivity contribution in [2.75, 3.05) is 6.61 Å². The van der Waals surface area contributed by atoms with E-state index in [9.17, 15) is 9.59 Å². The van der Waals surface area contributed by atoms with Gasteiger partial charge in [-0.15, -0.1) is 0 Å². The zero-order chi connectivity index (χ0) is 14.3. The fourth-order valence-electron chi connectivity index (χ4n) is 0.943. The molecule has 0 fully saturated rings. The van der Waals surface area contributed by atoms with E-state index in [2.05, 4.69) is 0 Å². The second kappa shape index (κ2) is 6.96. The number of carbonyl (C=O) groups is 2. The summed E-state index contributed by atoms with van der Waals surface area (Å²) >= 11 is 0. The van der Waals surface area contributed by atoms with Crippen molar-refractivity contribution in [1.29, 1.82) is 0 Å². The van der Waals surface area contributed by atoms with E-state index in [1.54, 1.807) is 13.0 Å². The first-order valence-electron chi connectivity index (χ1n) is 5.66. The van der Waals surface area contributed by atoms with Crippen molar-refractivity contribution in [3.05, 3.63) is 23.3 Å². The fourth-order valence-corrected chi connectivity index (χ4v) is 0.943. The van der Waals surface area contributed by atoms with Crippen LogP contribution in [0.3, 0.4) is 0 Å². The molecule has 0 radical (unpaired) electrons. The molecule has 18 heavy (non-hydrogen) atoms. The van der Waals surface area contributed by atoms with Gasteiger partial charge in [0.2, 0.25) is 0 Å². The zero-order valence-electron chi connectivity index (χ0n) is 11.3. The van der Waals surface area contributed by atoms with Crippen LogP contribution in [-0.2, 0) is 14.3 Å². The van der Waals surface area contributed by atoms with Crippen molar-refractivity contribution in [1.82, 2.24) is 0 Å². The van der Waals surface area contributed by atoms with Crippen LogP contribution in [0, 0.1) is 0 Å². The van der Waals surface area contributed by atoms with Crippen LogP contribution < -0.4 is 5.73 Å². The molecule has 0 aliphatic rings. The van der Waals surface area contributed by atoms with Gasteiger partial charge in [-0.25, -0.2) is 9.59 Å². The Morgan fingerprint density at radius 2 is 1.78 bits per heavy atom. The van der Waals surface area contributed by atoms with Crippen molar-refractivity contribution in [3.63, 3.8) is 0 Å². The number of hydrogen-bond acceptors (Lipinski definition) is 4. The maximum Gasteiger partial charge on any atom is 0.333 e. The third-order valence-corrected chi connectivity index (χ3v) is 2.20. The van der Waals surface area contributed by atoms with Gasteiger partial charge in [0.1, 0.15) is 6.61 Å². The van der Waals surface area contributed by atoms with E-state index in [4.69, 9.17) is 15.6 Å². The van der Waals surface area contributed by atoms with E-state index < -0.39 is 11.9 Å². The SMILES string of the molecule is CC(=CCOC(=O)C(C)=CCC(C)(C)N)C(=O)O. The van der Waals surface area contributed by atoms with E-state index in [1.807, 2.05) is 13.8 Å². The molecule has 0 spiro atoms. The standard InChI is InChI=1S/C13H21NO4/c1-9(11(15)16)6-8-18-12(17)10(2)5-7-13(3,4)14/h5-6H,7-8,14H2,1-4H3,(H,15,16). The summed E-state index contributed by atoms with van der Waals surface area (Å²) < 4.78 is 4.90. The molecule has 0 saturated carbocycles. The summed E-state index contributed by atoms with van der Waals surface area (Å²) in [6.45, 7) is 6.76. The zero-order valence-corrected chi connectivity index (χ0v) is 11.3. The second-order valence-electron chi connectivity index (χ2n) is 4.87. The number of hydrogen-bond donors (Lipinski definition) is 2. The molecule has 0 rings (SSSR count). The summed E-state index contributed by atoms with van der Waals surface area (Å²) in [7, 11) is 0. The number of ether oxygens (including phenoxy) is 1. The monoisotopic (exact) mass is 255 g/mol. The molecule has 0 amide bonds. The van der Waals surface area contributed by atoms with Gasteiger partial charge >= 0.3 is 11.9 Å². The maximum atomic E-state index is 11.5. The molecule has 5 heteroatoms. The van der Waals surface area contributed by atoms with Gasteiger partial charge in [0.15, 0.2) is 0 Å². The van der Waals surface area contributed by atoms with Crippen molar-refractivity contribution in [2.45, 2.75) is 39.7 Å². The number of rotatable bonds is 6. The Kier molecular flexibility index (Phi) is 6.33. The fraction of sp³-hybridized carbons (Fsp3) is 0.538. The number of esters is 1. The lowest BCUT2D eigenvalue weighted by atomic mass is 10.0. The highest BCUT2D eigenvalue weighted by Gasteiger charge is 2.11. The highest BCUT2D eigenvalue weighted by atomic mass is 16.5. The Labute approximate surface area is 107 Å². The number of carbonyl (C=O) groups excluding carboxylic acids is 1. The second-order valence-corrected chi connectivity index (χ2v) is 4.87. The largest absolute Gasteiger partial charge is 0.478 e. The molecule has 0 aliphatic carbocycles. The molecule has 3 N–H and O–H groups in total. The van der Waals surface area contributed by atoms with Gasteiger partial charge in [0.05, 0.1) is 0 Å². The molecule has 0 unspecified atom stereocenters. The van der Waals surface area contributed by atoms with Gasteiger partial charge < -0.3 is 15.6 Å². The highest BCUT2D eigenvalue weighted by Crippen LogP contribution is 2.08. The van der Waals surface area contributed by atoms with Crippen molar-refractivity contribution < 1.29 is 19.4 Å². The third kappa shape index (κ3) is 7.62. The van der Waals surface area contributed by atoms with E-state index in [-0.39, 0.29) is 17.7 Å². The normalized spacial score (nSPS) is 13.4. The van der Waals surface area contributed by atoms with E-state index in [0.717, 1.165) is 0 Å². The Morgan fingerprint density at radius 1 is 1.22 bits per heavy atom. The first kappa shape index (κ1) is 16.4.